The summed E-state index contributed by atoms with van der Waals surface area (Å²) in [5.74, 6) is 0.890. The predicted octanol–water partition coefficient (Wildman–Crippen LogP) is 4.24. The second kappa shape index (κ2) is 13.6. The van der Waals surface area contributed by atoms with Crippen molar-refractivity contribution in [3.8, 4) is 5.75 Å². The van der Waals surface area contributed by atoms with Gasteiger partial charge in [-0.25, -0.2) is 10.4 Å². The first-order valence-corrected chi connectivity index (χ1v) is 13.0. The summed E-state index contributed by atoms with van der Waals surface area (Å²) >= 11 is 0. The van der Waals surface area contributed by atoms with Gasteiger partial charge in [0.05, 0.1) is 6.61 Å². The van der Waals surface area contributed by atoms with Gasteiger partial charge in [-0.3, -0.25) is 10.2 Å². The van der Waals surface area contributed by atoms with Gasteiger partial charge in [-0.15, -0.1) is 0 Å². The maximum Gasteiger partial charge on any atom is 0.266 e. The number of carbonyl (C=O) groups is 1. The minimum Gasteiger partial charge on any atom is -0.494 e. The van der Waals surface area contributed by atoms with Gasteiger partial charge in [0.1, 0.15) is 12.4 Å². The topological polar surface area (TPSA) is 92.2 Å². The molecule has 38 heavy (non-hydrogen) atoms. The summed E-state index contributed by atoms with van der Waals surface area (Å²) in [6.07, 6.45) is 5.71. The molecular weight excluding hydrogens is 478 g/mol. The molecule has 1 aliphatic heterocycles. The van der Waals surface area contributed by atoms with Gasteiger partial charge in [0.25, 0.3) is 5.91 Å². The summed E-state index contributed by atoms with van der Waals surface area (Å²) in [5.41, 5.74) is 9.08. The molecule has 0 fully saturated rings. The third-order valence-corrected chi connectivity index (χ3v) is 6.28. The lowest BCUT2D eigenvalue weighted by Gasteiger charge is -2.22. The molecule has 7 nitrogen and oxygen atoms in total. The predicted molar refractivity (Wildman–Crippen MR) is 150 cm³/mol. The summed E-state index contributed by atoms with van der Waals surface area (Å²) in [7, 11) is 0. The monoisotopic (exact) mass is 513 g/mol. The first-order chi connectivity index (χ1) is 18.6. The zero-order chi connectivity index (χ0) is 26.6. The Kier molecular flexibility index (Phi) is 9.67. The average molecular weight is 514 g/mol. The maximum atomic E-state index is 13.4. The third kappa shape index (κ3) is 7.54. The fourth-order valence-electron chi connectivity index (χ4n) is 4.03. The maximum absolute atomic E-state index is 13.4. The van der Waals surface area contributed by atoms with E-state index in [-0.39, 0.29) is 19.1 Å². The van der Waals surface area contributed by atoms with Crippen LogP contribution < -0.4 is 15.6 Å². The molecule has 3 aromatic carbocycles. The van der Waals surface area contributed by atoms with Crippen LogP contribution in [0.5, 0.6) is 5.75 Å². The number of aliphatic hydroxyl groups excluding tert-OH is 1. The van der Waals surface area contributed by atoms with E-state index in [9.17, 15) is 4.79 Å². The Labute approximate surface area is 224 Å². The first kappa shape index (κ1) is 27.1. The summed E-state index contributed by atoms with van der Waals surface area (Å²) in [5, 5.41) is 8.93. The lowest BCUT2D eigenvalue weighted by atomic mass is 9.95. The van der Waals surface area contributed by atoms with Crippen LogP contribution in [0.3, 0.4) is 0 Å². The molecule has 4 rings (SSSR count). The van der Waals surface area contributed by atoms with E-state index < -0.39 is 5.54 Å². The largest absolute Gasteiger partial charge is 0.494 e. The van der Waals surface area contributed by atoms with E-state index in [0.717, 1.165) is 17.5 Å². The highest BCUT2D eigenvalue weighted by atomic mass is 16.5. The molecule has 0 aromatic heterocycles. The number of rotatable bonds is 13. The summed E-state index contributed by atoms with van der Waals surface area (Å²) < 4.78 is 11.6. The number of nitrogens with zero attached hydrogens (tertiary/aromatic N) is 1. The number of hydrogen-bond donors (Lipinski definition) is 3. The number of carbonyl (C=O) groups excluding carboxylic acids is 1. The Balaban J connectivity index is 1.44. The van der Waals surface area contributed by atoms with Crippen molar-refractivity contribution >= 4 is 17.9 Å². The molecule has 0 bridgehead atoms. The van der Waals surface area contributed by atoms with Crippen molar-refractivity contribution < 1.29 is 19.4 Å². The quantitative estimate of drug-likeness (QED) is 0.235. The van der Waals surface area contributed by atoms with Gasteiger partial charge < -0.3 is 14.6 Å². The van der Waals surface area contributed by atoms with Crippen LogP contribution >= 0.6 is 0 Å². The van der Waals surface area contributed by atoms with Crippen LogP contribution in [0, 0.1) is 6.92 Å². The number of ether oxygens (including phenoxy) is 2. The summed E-state index contributed by atoms with van der Waals surface area (Å²) in [4.78, 5) is 18.2. The Morgan fingerprint density at radius 1 is 1.08 bits per heavy atom. The Bertz CT molecular complexity index is 1220. The van der Waals surface area contributed by atoms with Gasteiger partial charge in [-0.05, 0) is 48.7 Å². The lowest BCUT2D eigenvalue weighted by molar-refractivity contribution is -0.127. The average Bonchev–Trinajstić information content (AvgIpc) is 3.39. The highest BCUT2D eigenvalue weighted by Gasteiger charge is 2.43. The van der Waals surface area contributed by atoms with Gasteiger partial charge in [-0.1, -0.05) is 72.3 Å². The van der Waals surface area contributed by atoms with Crippen LogP contribution in [-0.2, 0) is 16.0 Å². The van der Waals surface area contributed by atoms with E-state index in [1.54, 1.807) is 0 Å². The fourth-order valence-corrected chi connectivity index (χ4v) is 4.03. The normalized spacial score (nSPS) is 16.7. The number of amides is 1. The molecule has 3 N–H and O–H groups in total. The van der Waals surface area contributed by atoms with Gasteiger partial charge in [0, 0.05) is 31.6 Å². The van der Waals surface area contributed by atoms with E-state index in [1.807, 2.05) is 66.7 Å². The van der Waals surface area contributed by atoms with Crippen LogP contribution in [0.2, 0.25) is 0 Å². The third-order valence-electron chi connectivity index (χ3n) is 6.28. The zero-order valence-electron chi connectivity index (χ0n) is 21.7. The molecule has 1 heterocycles. The first-order valence-electron chi connectivity index (χ1n) is 13.0. The summed E-state index contributed by atoms with van der Waals surface area (Å²) in [6.45, 7) is 3.34. The zero-order valence-corrected chi connectivity index (χ0v) is 21.7. The molecule has 1 aliphatic rings. The van der Waals surface area contributed by atoms with Crippen molar-refractivity contribution in [3.05, 3.63) is 107 Å². The number of benzene rings is 3. The van der Waals surface area contributed by atoms with Crippen molar-refractivity contribution in [2.24, 2.45) is 4.99 Å². The number of aliphatic hydroxyl groups is 1. The molecule has 0 radical (unpaired) electrons. The molecule has 3 aromatic rings. The molecular formula is C31H35N3O4. The van der Waals surface area contributed by atoms with Gasteiger partial charge >= 0.3 is 0 Å². The fraction of sp³-hybridized carbons (Fsp3) is 0.290. The van der Waals surface area contributed by atoms with Crippen LogP contribution in [0.25, 0.3) is 6.08 Å². The van der Waals surface area contributed by atoms with Crippen molar-refractivity contribution in [2.45, 2.75) is 31.7 Å². The smallest absolute Gasteiger partial charge is 0.266 e. The molecule has 7 heteroatoms. The van der Waals surface area contributed by atoms with E-state index in [4.69, 9.17) is 19.6 Å². The Morgan fingerprint density at radius 2 is 1.84 bits per heavy atom. The van der Waals surface area contributed by atoms with Crippen molar-refractivity contribution in [1.29, 1.82) is 0 Å². The molecule has 0 saturated carbocycles. The lowest BCUT2D eigenvalue weighted by Crippen LogP contribution is -2.51. The van der Waals surface area contributed by atoms with Crippen LogP contribution in [-0.4, -0.2) is 48.8 Å². The van der Waals surface area contributed by atoms with Crippen LogP contribution in [0.15, 0.2) is 89.9 Å². The SMILES string of the molecule is Cc1ccc(CCNNC(=O)[C@]2(C/C=C/c3ccccc3)COC(c3ccc(OCCCO)cc3)=N2)cc1. The number of aryl methyl sites for hydroxylation is 1. The molecule has 0 saturated heterocycles. The molecule has 0 spiro atoms. The van der Waals surface area contributed by atoms with Gasteiger partial charge in [-0.2, -0.15) is 0 Å². The summed E-state index contributed by atoms with van der Waals surface area (Å²) in [6, 6.07) is 25.7. The molecule has 0 aliphatic carbocycles. The van der Waals surface area contributed by atoms with Crippen molar-refractivity contribution in [3.63, 3.8) is 0 Å². The van der Waals surface area contributed by atoms with Crippen LogP contribution in [0.1, 0.15) is 35.1 Å². The van der Waals surface area contributed by atoms with E-state index in [0.29, 0.717) is 37.6 Å². The number of hydrazine groups is 1. The second-order valence-electron chi connectivity index (χ2n) is 9.32. The van der Waals surface area contributed by atoms with Gasteiger partial charge in [0.15, 0.2) is 5.54 Å². The minimum atomic E-state index is -1.09. The van der Waals surface area contributed by atoms with Crippen LogP contribution in [0.4, 0.5) is 0 Å². The standard InChI is InChI=1S/C31H35N3O4/c1-24-10-12-26(13-11-24)18-20-32-34-30(36)31(19-5-9-25-7-3-2-4-8-25)23-38-29(33-31)27-14-16-28(17-15-27)37-22-6-21-35/h2-5,7-17,32,35H,6,18-23H2,1H3,(H,34,36)/b9-5+/t31-/m0/s1. The van der Waals surface area contributed by atoms with E-state index in [2.05, 4.69) is 42.0 Å². The number of aliphatic imine (C=N–C) groups is 1. The number of hydrogen-bond acceptors (Lipinski definition) is 6. The highest BCUT2D eigenvalue weighted by Crippen LogP contribution is 2.27. The minimum absolute atomic E-state index is 0.0897. The Morgan fingerprint density at radius 3 is 2.58 bits per heavy atom. The molecule has 1 atom stereocenters. The Hall–Kier alpha value is -3.94. The second-order valence-corrected chi connectivity index (χ2v) is 9.32. The van der Waals surface area contributed by atoms with Crippen molar-refractivity contribution in [2.75, 3.05) is 26.4 Å². The van der Waals surface area contributed by atoms with E-state index >= 15 is 0 Å². The molecule has 198 valence electrons. The van der Waals surface area contributed by atoms with Gasteiger partial charge in [0.2, 0.25) is 5.90 Å². The van der Waals surface area contributed by atoms with E-state index in [1.165, 1.54) is 11.1 Å². The number of nitrogens with one attached hydrogen (secondary N) is 2. The highest BCUT2D eigenvalue weighted by molar-refractivity contribution is 6.00. The molecule has 0 unspecified atom stereocenters. The molecule has 1 amide bonds. The van der Waals surface area contributed by atoms with Crippen molar-refractivity contribution in [1.82, 2.24) is 10.9 Å².